The Labute approximate surface area is 340 Å². The fourth-order valence-corrected chi connectivity index (χ4v) is 9.09. The van der Waals surface area contributed by atoms with Gasteiger partial charge in [-0.25, -0.2) is 14.8 Å². The van der Waals surface area contributed by atoms with Crippen LogP contribution in [0, 0.1) is 0 Å². The maximum absolute atomic E-state index is 13.5. The number of carbonyl (C=O) groups excluding carboxylic acids is 1. The van der Waals surface area contributed by atoms with Gasteiger partial charge in [-0.15, -0.1) is 0 Å². The Kier molecular flexibility index (Phi) is 13.3. The number of nitrogens with zero attached hydrogens (tertiary/aromatic N) is 7. The molecule has 0 aliphatic carbocycles. The zero-order chi connectivity index (χ0) is 41.0. The second kappa shape index (κ2) is 17.8. The summed E-state index contributed by atoms with van der Waals surface area (Å²) in [5.41, 5.74) is 4.53. The first-order valence-corrected chi connectivity index (χ1v) is 28.0. The van der Waals surface area contributed by atoms with Crippen molar-refractivity contribution in [2.24, 2.45) is 0 Å². The molecule has 2 fully saturated rings. The molecule has 1 amide bonds. The molecular formula is C42H64N8O5Si2. The van der Waals surface area contributed by atoms with E-state index in [2.05, 4.69) is 54.1 Å². The summed E-state index contributed by atoms with van der Waals surface area (Å²) in [7, 11) is -2.67. The molecule has 310 valence electrons. The molecule has 2 bridgehead atoms. The van der Waals surface area contributed by atoms with Crippen LogP contribution in [0.2, 0.25) is 51.4 Å². The molecule has 3 atom stereocenters. The predicted octanol–water partition coefficient (Wildman–Crippen LogP) is 9.27. The van der Waals surface area contributed by atoms with Crippen molar-refractivity contribution in [3.8, 4) is 22.6 Å². The maximum atomic E-state index is 13.5. The number of nitrogens with one attached hydrogen (secondary N) is 1. The molecule has 6 heterocycles. The minimum absolute atomic E-state index is 0.0578. The quantitative estimate of drug-likeness (QED) is 0.0476. The number of carbonyl (C=O) groups is 1. The number of pyridine rings is 1. The number of imidazole rings is 1. The van der Waals surface area contributed by atoms with Crippen LogP contribution in [0.5, 0.6) is 0 Å². The van der Waals surface area contributed by atoms with Crippen molar-refractivity contribution in [2.45, 2.75) is 128 Å². The number of ether oxygens (including phenoxy) is 4. The van der Waals surface area contributed by atoms with Gasteiger partial charge in [0.1, 0.15) is 30.6 Å². The molecule has 6 rings (SSSR count). The van der Waals surface area contributed by atoms with E-state index in [1.165, 1.54) is 0 Å². The van der Waals surface area contributed by atoms with Crippen LogP contribution in [-0.4, -0.2) is 108 Å². The first-order valence-electron chi connectivity index (χ1n) is 20.6. The number of aromatic amines is 1. The highest BCUT2D eigenvalue weighted by atomic mass is 28.3. The highest BCUT2D eigenvalue weighted by Crippen LogP contribution is 2.46. The summed E-state index contributed by atoms with van der Waals surface area (Å²) in [5, 5.41) is 5.03. The molecule has 13 nitrogen and oxygen atoms in total. The number of piperidine rings is 1. The van der Waals surface area contributed by atoms with Crippen LogP contribution in [0.4, 0.5) is 10.6 Å². The highest BCUT2D eigenvalue weighted by Gasteiger charge is 2.46. The Morgan fingerprint density at radius 2 is 1.63 bits per heavy atom. The van der Waals surface area contributed by atoms with Crippen LogP contribution in [0.3, 0.4) is 0 Å². The summed E-state index contributed by atoms with van der Waals surface area (Å²) in [6.07, 6.45) is 14.2. The number of H-pyrrole nitrogens is 1. The smallest absolute Gasteiger partial charge is 0.410 e. The molecule has 2 aliphatic rings. The third kappa shape index (κ3) is 10.9. The molecule has 0 saturated carbocycles. The van der Waals surface area contributed by atoms with Crippen molar-refractivity contribution in [1.29, 1.82) is 0 Å². The second-order valence-corrected chi connectivity index (χ2v) is 30.1. The van der Waals surface area contributed by atoms with Gasteiger partial charge in [-0.3, -0.25) is 4.98 Å². The predicted molar refractivity (Wildman–Crippen MR) is 232 cm³/mol. The SMILES string of the molecule is CCO/C=C\c1c([C@H]2C[C@H]3CC[C@@H](C2)N3C(=O)OC(C)(C)C)nc2c(-c3ccc(-c4ncc[nH]4)nc3)cnn2c1N(COCC[Si](C)(C)C)COCC[Si](C)(C)C. The Morgan fingerprint density at radius 1 is 0.965 bits per heavy atom. The summed E-state index contributed by atoms with van der Waals surface area (Å²) in [6, 6.07) is 6.23. The lowest BCUT2D eigenvalue weighted by Crippen LogP contribution is -2.48. The van der Waals surface area contributed by atoms with E-state index in [9.17, 15) is 4.79 Å². The highest BCUT2D eigenvalue weighted by molar-refractivity contribution is 6.76. The first kappa shape index (κ1) is 42.5. The first-order chi connectivity index (χ1) is 27.0. The zero-order valence-corrected chi connectivity index (χ0v) is 37.8. The van der Waals surface area contributed by atoms with Crippen LogP contribution < -0.4 is 4.90 Å². The van der Waals surface area contributed by atoms with E-state index >= 15 is 0 Å². The summed E-state index contributed by atoms with van der Waals surface area (Å²) >= 11 is 0. The van der Waals surface area contributed by atoms with Crippen molar-refractivity contribution in [2.75, 3.05) is 38.2 Å². The summed E-state index contributed by atoms with van der Waals surface area (Å²) in [4.78, 5) is 35.5. The standard InChI is InChI=1S/C42H64N8O5Si2/c1-11-52-19-16-34-37(31-24-32-13-14-33(25-31)49(32)41(51)55-42(2,3)4)47-39-35(30-12-15-36(45-26-30)38-43-17-18-44-38)27-46-50(39)40(34)48(28-53-20-22-56(5,6)7)29-54-21-23-57(8,9)10/h12,15-19,26-27,31-33H,11,13-14,20-25,28-29H2,1-10H3,(H,43,44)/b19-16-/t31-,32+,33-. The van der Waals surface area contributed by atoms with Gasteiger partial charge in [-0.2, -0.15) is 9.61 Å². The van der Waals surface area contributed by atoms with Gasteiger partial charge in [0.2, 0.25) is 0 Å². The molecule has 4 aromatic rings. The molecular weight excluding hydrogens is 753 g/mol. The number of hydrogen-bond acceptors (Lipinski definition) is 10. The lowest BCUT2D eigenvalue weighted by Gasteiger charge is -2.40. The largest absolute Gasteiger partial charge is 0.501 e. The van der Waals surface area contributed by atoms with Crippen molar-refractivity contribution in [3.05, 3.63) is 54.4 Å². The summed E-state index contributed by atoms with van der Waals surface area (Å²) < 4.78 is 26.7. The van der Waals surface area contributed by atoms with E-state index in [4.69, 9.17) is 34.0 Å². The fraction of sp³-hybridized carbons (Fsp3) is 0.595. The Morgan fingerprint density at radius 3 is 2.18 bits per heavy atom. The van der Waals surface area contributed by atoms with Gasteiger partial charge < -0.3 is 33.7 Å². The van der Waals surface area contributed by atoms with Crippen LogP contribution in [0.25, 0.3) is 34.4 Å². The summed E-state index contributed by atoms with van der Waals surface area (Å²) in [6.45, 7) is 24.5. The van der Waals surface area contributed by atoms with Gasteiger partial charge in [0.05, 0.1) is 24.8 Å². The normalized spacial score (nSPS) is 18.8. The average Bonchev–Trinajstić information content (AvgIpc) is 3.88. The molecule has 4 aromatic heterocycles. The fourth-order valence-electron chi connectivity index (χ4n) is 7.58. The van der Waals surface area contributed by atoms with Gasteiger partial charge in [0.25, 0.3) is 0 Å². The number of fused-ring (bicyclic) bond motifs is 3. The van der Waals surface area contributed by atoms with Crippen molar-refractivity contribution < 1.29 is 23.7 Å². The minimum Gasteiger partial charge on any atom is -0.501 e. The van der Waals surface area contributed by atoms with Crippen LogP contribution in [0.15, 0.2) is 43.2 Å². The van der Waals surface area contributed by atoms with E-state index in [1.807, 2.05) is 67.7 Å². The molecule has 2 aliphatic heterocycles. The third-order valence-electron chi connectivity index (χ3n) is 10.5. The van der Waals surface area contributed by atoms with E-state index < -0.39 is 21.7 Å². The van der Waals surface area contributed by atoms with Crippen molar-refractivity contribution in [1.82, 2.24) is 34.4 Å². The Hall–Kier alpha value is -4.06. The second-order valence-electron chi connectivity index (χ2n) is 18.8. The monoisotopic (exact) mass is 816 g/mol. The lowest BCUT2D eigenvalue weighted by atomic mass is 9.86. The molecule has 0 unspecified atom stereocenters. The van der Waals surface area contributed by atoms with E-state index in [0.29, 0.717) is 39.1 Å². The molecule has 1 N–H and O–H groups in total. The average molecular weight is 817 g/mol. The Balaban J connectivity index is 1.47. The molecule has 0 aromatic carbocycles. The Bertz CT molecular complexity index is 1930. The van der Waals surface area contributed by atoms with Crippen molar-refractivity contribution in [3.63, 3.8) is 0 Å². The summed E-state index contributed by atoms with van der Waals surface area (Å²) in [5.74, 6) is 1.61. The number of anilines is 1. The molecule has 15 heteroatoms. The maximum Gasteiger partial charge on any atom is 0.410 e. The zero-order valence-electron chi connectivity index (χ0n) is 35.8. The lowest BCUT2D eigenvalue weighted by molar-refractivity contribution is 0.00568. The van der Waals surface area contributed by atoms with Gasteiger partial charge >= 0.3 is 6.09 Å². The van der Waals surface area contributed by atoms with Crippen LogP contribution in [-0.2, 0) is 18.9 Å². The number of aromatic nitrogens is 6. The van der Waals surface area contributed by atoms with Gasteiger partial charge in [0, 0.05) is 82.6 Å². The van der Waals surface area contributed by atoms with Gasteiger partial charge in [-0.1, -0.05) is 45.3 Å². The van der Waals surface area contributed by atoms with E-state index in [1.54, 1.807) is 18.7 Å². The van der Waals surface area contributed by atoms with Crippen LogP contribution >= 0.6 is 0 Å². The van der Waals surface area contributed by atoms with Gasteiger partial charge in [-0.05, 0) is 77.6 Å². The minimum atomic E-state index is -1.33. The molecule has 0 radical (unpaired) electrons. The van der Waals surface area contributed by atoms with Gasteiger partial charge in [0.15, 0.2) is 11.5 Å². The molecule has 0 spiro atoms. The molecule has 2 saturated heterocycles. The van der Waals surface area contributed by atoms with Crippen LogP contribution in [0.1, 0.15) is 70.6 Å². The van der Waals surface area contributed by atoms with E-state index in [-0.39, 0.29) is 24.1 Å². The molecule has 57 heavy (non-hydrogen) atoms. The topological polar surface area (TPSA) is 132 Å². The number of hydrogen-bond donors (Lipinski definition) is 1. The number of rotatable bonds is 17. The number of amides is 1. The van der Waals surface area contributed by atoms with E-state index in [0.717, 1.165) is 77.3 Å². The third-order valence-corrected chi connectivity index (χ3v) is 13.9. The van der Waals surface area contributed by atoms with Crippen molar-refractivity contribution >= 4 is 39.8 Å².